The summed E-state index contributed by atoms with van der Waals surface area (Å²) in [6, 6.07) is -0.370. The average molecular weight is 297 g/mol. The van der Waals surface area contributed by atoms with Gasteiger partial charge in [0, 0.05) is 12.5 Å². The standard InChI is InChI=1S/C10H21N2O6P/c1-5-10(13)17-7-6-9(11-12(2,3)4)8-18-19(14,15)16/h5,9,11H,1,6-8H2,2-4H3,(H-,14,15,16)/p+1. The van der Waals surface area contributed by atoms with E-state index >= 15 is 0 Å². The second kappa shape index (κ2) is 7.74. The number of hydrogen-bond acceptors (Lipinski definition) is 5. The molecular formula is C10H22N2O6P+. The van der Waals surface area contributed by atoms with E-state index in [0.717, 1.165) is 6.08 Å². The Morgan fingerprint density at radius 1 is 1.47 bits per heavy atom. The Bertz CT molecular complexity index is 348. The third kappa shape index (κ3) is 12.0. The van der Waals surface area contributed by atoms with Crippen LogP contribution in [-0.2, 0) is 18.6 Å². The molecule has 0 aliphatic carbocycles. The number of quaternary nitrogens is 1. The van der Waals surface area contributed by atoms with E-state index in [4.69, 9.17) is 14.5 Å². The van der Waals surface area contributed by atoms with Crippen LogP contribution in [0.15, 0.2) is 12.7 Å². The minimum absolute atomic E-state index is 0.104. The number of phosphoric ester groups is 1. The molecule has 19 heavy (non-hydrogen) atoms. The van der Waals surface area contributed by atoms with Gasteiger partial charge in [-0.1, -0.05) is 6.58 Å². The average Bonchev–Trinajstić information content (AvgIpc) is 2.22. The Morgan fingerprint density at radius 2 is 2.05 bits per heavy atom. The maximum absolute atomic E-state index is 10.9. The highest BCUT2D eigenvalue weighted by Crippen LogP contribution is 2.35. The predicted molar refractivity (Wildman–Crippen MR) is 68.7 cm³/mol. The van der Waals surface area contributed by atoms with Crippen LogP contribution in [0.4, 0.5) is 0 Å². The van der Waals surface area contributed by atoms with Crippen LogP contribution in [0.1, 0.15) is 6.42 Å². The zero-order valence-corrected chi connectivity index (χ0v) is 12.3. The second-order valence-corrected chi connectivity index (χ2v) is 6.02. The van der Waals surface area contributed by atoms with E-state index < -0.39 is 13.8 Å². The summed E-state index contributed by atoms with van der Waals surface area (Å²) in [5, 5.41) is 0. The highest BCUT2D eigenvalue weighted by Gasteiger charge is 2.22. The van der Waals surface area contributed by atoms with Crippen molar-refractivity contribution in [2.45, 2.75) is 12.5 Å². The molecule has 0 aliphatic heterocycles. The van der Waals surface area contributed by atoms with Crippen molar-refractivity contribution >= 4 is 13.8 Å². The number of phosphoric acid groups is 1. The number of rotatable bonds is 9. The Balaban J connectivity index is 4.30. The van der Waals surface area contributed by atoms with E-state index in [9.17, 15) is 9.36 Å². The lowest BCUT2D eigenvalue weighted by Crippen LogP contribution is -2.54. The summed E-state index contributed by atoms with van der Waals surface area (Å²) in [4.78, 5) is 28.2. The van der Waals surface area contributed by atoms with E-state index in [2.05, 4.69) is 16.5 Å². The summed E-state index contributed by atoms with van der Waals surface area (Å²) in [7, 11) is 1.03. The lowest BCUT2D eigenvalue weighted by Gasteiger charge is -2.29. The lowest BCUT2D eigenvalue weighted by atomic mass is 10.2. The molecule has 0 amide bonds. The van der Waals surface area contributed by atoms with Crippen molar-refractivity contribution in [3.8, 4) is 0 Å². The van der Waals surface area contributed by atoms with Crippen LogP contribution < -0.4 is 5.43 Å². The Labute approximate surface area is 112 Å². The smallest absolute Gasteiger partial charge is 0.462 e. The van der Waals surface area contributed by atoms with E-state index in [-0.39, 0.29) is 19.3 Å². The summed E-state index contributed by atoms with van der Waals surface area (Å²) < 4.78 is 20.3. The molecule has 1 atom stereocenters. The van der Waals surface area contributed by atoms with Gasteiger partial charge in [0.05, 0.1) is 40.4 Å². The molecule has 9 heteroatoms. The summed E-state index contributed by atoms with van der Waals surface area (Å²) in [6.07, 6.45) is 1.41. The quantitative estimate of drug-likeness (QED) is 0.178. The van der Waals surface area contributed by atoms with Gasteiger partial charge in [0.15, 0.2) is 0 Å². The fourth-order valence-electron chi connectivity index (χ4n) is 1.28. The van der Waals surface area contributed by atoms with Gasteiger partial charge in [-0.2, -0.15) is 5.43 Å². The number of nitrogens with one attached hydrogen (secondary N) is 1. The first-order valence-electron chi connectivity index (χ1n) is 5.62. The fraction of sp³-hybridized carbons (Fsp3) is 0.700. The third-order valence-electron chi connectivity index (χ3n) is 1.89. The summed E-state index contributed by atoms with van der Waals surface area (Å²) >= 11 is 0. The Kier molecular flexibility index (Phi) is 7.43. The number of esters is 1. The van der Waals surface area contributed by atoms with E-state index in [1.165, 1.54) is 0 Å². The fourth-order valence-corrected chi connectivity index (χ4v) is 1.65. The number of carbonyl (C=O) groups excluding carboxylic acids is 1. The molecule has 0 aromatic rings. The van der Waals surface area contributed by atoms with Crippen molar-refractivity contribution in [1.29, 1.82) is 0 Å². The molecule has 0 radical (unpaired) electrons. The minimum Gasteiger partial charge on any atom is -0.462 e. The molecule has 0 aromatic carbocycles. The summed E-state index contributed by atoms with van der Waals surface area (Å²) in [5.41, 5.74) is 3.07. The van der Waals surface area contributed by atoms with Gasteiger partial charge < -0.3 is 14.5 Å². The summed E-state index contributed by atoms with van der Waals surface area (Å²) in [6.45, 7) is 3.18. The highest BCUT2D eigenvalue weighted by molar-refractivity contribution is 7.46. The molecule has 0 bridgehead atoms. The van der Waals surface area contributed by atoms with Gasteiger partial charge >= 0.3 is 13.8 Å². The van der Waals surface area contributed by atoms with Gasteiger partial charge in [-0.15, -0.1) is 0 Å². The zero-order valence-electron chi connectivity index (χ0n) is 11.4. The molecule has 0 fully saturated rings. The molecule has 0 aromatic heterocycles. The second-order valence-electron chi connectivity index (χ2n) is 4.79. The molecule has 1 unspecified atom stereocenters. The first kappa shape index (κ1) is 18.2. The largest absolute Gasteiger partial charge is 0.469 e. The van der Waals surface area contributed by atoms with E-state index in [1.54, 1.807) is 0 Å². The molecule has 0 saturated carbocycles. The topological polar surface area (TPSA) is 105 Å². The van der Waals surface area contributed by atoms with Crippen molar-refractivity contribution in [2.75, 3.05) is 34.4 Å². The van der Waals surface area contributed by atoms with Crippen molar-refractivity contribution in [3.63, 3.8) is 0 Å². The highest BCUT2D eigenvalue weighted by atomic mass is 31.2. The van der Waals surface area contributed by atoms with Gasteiger partial charge in [-0.25, -0.2) is 9.36 Å². The first-order chi connectivity index (χ1) is 8.53. The molecule has 112 valence electrons. The van der Waals surface area contributed by atoms with Crippen molar-refractivity contribution in [1.82, 2.24) is 5.43 Å². The first-order valence-corrected chi connectivity index (χ1v) is 7.15. The predicted octanol–water partition coefficient (Wildman–Crippen LogP) is -0.206. The number of nitrogens with zero attached hydrogens (tertiary/aromatic N) is 1. The van der Waals surface area contributed by atoms with Crippen LogP contribution in [0.2, 0.25) is 0 Å². The molecule has 8 nitrogen and oxygen atoms in total. The molecule has 0 spiro atoms. The van der Waals surface area contributed by atoms with Crippen LogP contribution in [0.25, 0.3) is 0 Å². The van der Waals surface area contributed by atoms with Gasteiger partial charge in [-0.3, -0.25) is 9.12 Å². The molecule has 0 heterocycles. The SMILES string of the molecule is C=CC(=O)OCCC(COP(=O)(O)O)N[N+](C)(C)C. The van der Waals surface area contributed by atoms with Crippen LogP contribution in [0.3, 0.4) is 0 Å². The van der Waals surface area contributed by atoms with Crippen molar-refractivity contribution < 1.29 is 33.0 Å². The summed E-state index contributed by atoms with van der Waals surface area (Å²) in [5.74, 6) is -0.542. The molecule has 0 aliphatic rings. The number of carbonyl (C=O) groups is 1. The number of hydrogen-bond donors (Lipinski definition) is 3. The maximum atomic E-state index is 10.9. The number of ether oxygens (including phenoxy) is 1. The van der Waals surface area contributed by atoms with Gasteiger partial charge in [0.1, 0.15) is 0 Å². The normalized spacial score (nSPS) is 13.9. The monoisotopic (exact) mass is 297 g/mol. The van der Waals surface area contributed by atoms with Crippen molar-refractivity contribution in [2.24, 2.45) is 0 Å². The van der Waals surface area contributed by atoms with Gasteiger partial charge in [-0.05, 0) is 0 Å². The lowest BCUT2D eigenvalue weighted by molar-refractivity contribution is -0.918. The third-order valence-corrected chi connectivity index (χ3v) is 2.38. The van der Waals surface area contributed by atoms with Crippen LogP contribution in [0, 0.1) is 0 Å². The van der Waals surface area contributed by atoms with E-state index in [1.807, 2.05) is 21.1 Å². The Morgan fingerprint density at radius 3 is 2.47 bits per heavy atom. The maximum Gasteiger partial charge on any atom is 0.469 e. The zero-order chi connectivity index (χ0) is 15.1. The van der Waals surface area contributed by atoms with Gasteiger partial charge in [0.2, 0.25) is 0 Å². The van der Waals surface area contributed by atoms with Crippen LogP contribution in [-0.4, -0.2) is 60.7 Å². The van der Waals surface area contributed by atoms with Gasteiger partial charge in [0.25, 0.3) is 0 Å². The van der Waals surface area contributed by atoms with Crippen LogP contribution >= 0.6 is 7.82 Å². The molecular weight excluding hydrogens is 275 g/mol. The van der Waals surface area contributed by atoms with E-state index in [0.29, 0.717) is 11.0 Å². The van der Waals surface area contributed by atoms with Crippen LogP contribution in [0.5, 0.6) is 0 Å². The molecule has 0 rings (SSSR count). The molecule has 0 saturated heterocycles. The minimum atomic E-state index is -4.51. The molecule has 3 N–H and O–H groups in total. The van der Waals surface area contributed by atoms with Crippen molar-refractivity contribution in [3.05, 3.63) is 12.7 Å². The Hall–Kier alpha value is -0.760.